The number of likely N-dealkylation sites (tertiary alicyclic amines) is 1. The van der Waals surface area contributed by atoms with Crippen LogP contribution in [0.3, 0.4) is 0 Å². The molecule has 1 saturated heterocycles. The lowest BCUT2D eigenvalue weighted by atomic mass is 9.85. The minimum absolute atomic E-state index is 0.108. The highest BCUT2D eigenvalue weighted by atomic mass is 16.5. The molecular formula is C13H26N2O2. The summed E-state index contributed by atoms with van der Waals surface area (Å²) in [5.74, 6) is 0.593. The number of carbonyl (C=O) groups excluding carboxylic acids is 1. The van der Waals surface area contributed by atoms with E-state index in [-0.39, 0.29) is 17.7 Å². The molecule has 0 unspecified atom stereocenters. The zero-order valence-corrected chi connectivity index (χ0v) is 12.0. The second-order valence-electron chi connectivity index (χ2n) is 5.83. The van der Waals surface area contributed by atoms with Gasteiger partial charge in [0, 0.05) is 20.2 Å². The van der Waals surface area contributed by atoms with Gasteiger partial charge in [0.15, 0.2) is 0 Å². The van der Waals surface area contributed by atoms with Crippen LogP contribution in [0.2, 0.25) is 0 Å². The third kappa shape index (κ3) is 3.12. The minimum atomic E-state index is -0.109. The first kappa shape index (κ1) is 14.3. The quantitative estimate of drug-likeness (QED) is 0.757. The van der Waals surface area contributed by atoms with Crippen LogP contribution in [0.25, 0.3) is 0 Å². The van der Waals surface area contributed by atoms with Crippen LogP contribution in [0.1, 0.15) is 34.1 Å². The van der Waals surface area contributed by atoms with Gasteiger partial charge in [0.1, 0.15) is 5.60 Å². The predicted octanol–water partition coefficient (Wildman–Crippen LogP) is 2.19. The highest BCUT2D eigenvalue weighted by Crippen LogP contribution is 2.31. The van der Waals surface area contributed by atoms with Crippen LogP contribution in [-0.2, 0) is 4.74 Å². The van der Waals surface area contributed by atoms with Crippen molar-refractivity contribution >= 4 is 6.03 Å². The first-order valence-electron chi connectivity index (χ1n) is 6.38. The van der Waals surface area contributed by atoms with E-state index in [0.717, 1.165) is 19.5 Å². The van der Waals surface area contributed by atoms with E-state index in [0.29, 0.717) is 5.92 Å². The molecule has 0 atom stereocenters. The van der Waals surface area contributed by atoms with Gasteiger partial charge >= 0.3 is 6.03 Å². The molecule has 100 valence electrons. The molecule has 1 aliphatic heterocycles. The van der Waals surface area contributed by atoms with Gasteiger partial charge < -0.3 is 14.5 Å². The number of urea groups is 1. The van der Waals surface area contributed by atoms with Crippen LogP contribution in [-0.4, -0.2) is 54.7 Å². The SMILES string of the molecule is COC1(CC(C)C)CN(C(=O)N(C)C(C)C)C1. The molecule has 0 bridgehead atoms. The summed E-state index contributed by atoms with van der Waals surface area (Å²) in [5, 5.41) is 0. The van der Waals surface area contributed by atoms with Crippen molar-refractivity contribution in [3.8, 4) is 0 Å². The summed E-state index contributed by atoms with van der Waals surface area (Å²) in [6.07, 6.45) is 1.01. The largest absolute Gasteiger partial charge is 0.375 e. The second kappa shape index (κ2) is 5.25. The average molecular weight is 242 g/mol. The van der Waals surface area contributed by atoms with Crippen LogP contribution in [0.5, 0.6) is 0 Å². The number of carbonyl (C=O) groups is 1. The summed E-state index contributed by atoms with van der Waals surface area (Å²) in [4.78, 5) is 15.7. The van der Waals surface area contributed by atoms with Crippen LogP contribution < -0.4 is 0 Å². The van der Waals surface area contributed by atoms with Crippen molar-refractivity contribution in [2.75, 3.05) is 27.2 Å². The van der Waals surface area contributed by atoms with Gasteiger partial charge in [-0.2, -0.15) is 0 Å². The maximum atomic E-state index is 12.1. The van der Waals surface area contributed by atoms with E-state index in [1.807, 2.05) is 25.8 Å². The van der Waals surface area contributed by atoms with E-state index in [1.165, 1.54) is 0 Å². The normalized spacial score (nSPS) is 18.5. The minimum Gasteiger partial charge on any atom is -0.375 e. The second-order valence-corrected chi connectivity index (χ2v) is 5.83. The zero-order chi connectivity index (χ0) is 13.2. The number of rotatable bonds is 4. The highest BCUT2D eigenvalue weighted by molar-refractivity contribution is 5.75. The summed E-state index contributed by atoms with van der Waals surface area (Å²) in [6, 6.07) is 0.349. The molecule has 1 heterocycles. The molecule has 0 radical (unpaired) electrons. The molecule has 0 aromatic carbocycles. The van der Waals surface area contributed by atoms with Crippen molar-refractivity contribution in [1.82, 2.24) is 9.80 Å². The summed E-state index contributed by atoms with van der Waals surface area (Å²) in [7, 11) is 3.60. The van der Waals surface area contributed by atoms with E-state index in [4.69, 9.17) is 4.74 Å². The molecular weight excluding hydrogens is 216 g/mol. The third-order valence-electron chi connectivity index (χ3n) is 3.52. The topological polar surface area (TPSA) is 32.8 Å². The van der Waals surface area contributed by atoms with E-state index in [1.54, 1.807) is 12.0 Å². The van der Waals surface area contributed by atoms with Crippen LogP contribution in [0, 0.1) is 5.92 Å². The fourth-order valence-corrected chi connectivity index (χ4v) is 2.31. The Morgan fingerprint density at radius 1 is 1.35 bits per heavy atom. The number of ether oxygens (including phenoxy) is 1. The van der Waals surface area contributed by atoms with Crippen LogP contribution >= 0.6 is 0 Å². The van der Waals surface area contributed by atoms with Gasteiger partial charge in [-0.25, -0.2) is 4.79 Å². The van der Waals surface area contributed by atoms with Gasteiger partial charge in [-0.3, -0.25) is 0 Å². The Labute approximate surface area is 105 Å². The predicted molar refractivity (Wildman–Crippen MR) is 69.1 cm³/mol. The Bertz CT molecular complexity index is 271. The molecule has 0 aliphatic carbocycles. The van der Waals surface area contributed by atoms with Gasteiger partial charge in [0.25, 0.3) is 0 Å². The molecule has 1 rings (SSSR count). The maximum Gasteiger partial charge on any atom is 0.320 e. The third-order valence-corrected chi connectivity index (χ3v) is 3.52. The number of hydrogen-bond acceptors (Lipinski definition) is 2. The van der Waals surface area contributed by atoms with E-state index >= 15 is 0 Å². The number of methoxy groups -OCH3 is 1. The first-order valence-corrected chi connectivity index (χ1v) is 6.38. The van der Waals surface area contributed by atoms with Crippen molar-refractivity contribution in [2.24, 2.45) is 5.92 Å². The molecule has 4 heteroatoms. The molecule has 2 amide bonds. The zero-order valence-electron chi connectivity index (χ0n) is 12.0. The summed E-state index contributed by atoms with van der Waals surface area (Å²) in [5.41, 5.74) is -0.109. The van der Waals surface area contributed by atoms with E-state index in [9.17, 15) is 4.79 Å². The van der Waals surface area contributed by atoms with Crippen LogP contribution in [0.4, 0.5) is 4.79 Å². The lowest BCUT2D eigenvalue weighted by molar-refractivity contribution is -0.120. The fourth-order valence-electron chi connectivity index (χ4n) is 2.31. The molecule has 0 N–H and O–H groups in total. The Kier molecular flexibility index (Phi) is 4.42. The molecule has 4 nitrogen and oxygen atoms in total. The number of amides is 2. The fraction of sp³-hybridized carbons (Fsp3) is 0.923. The number of nitrogens with zero attached hydrogens (tertiary/aromatic N) is 2. The molecule has 1 fully saturated rings. The Morgan fingerprint density at radius 3 is 2.24 bits per heavy atom. The van der Waals surface area contributed by atoms with Gasteiger partial charge in [-0.05, 0) is 26.2 Å². The molecule has 0 saturated carbocycles. The summed E-state index contributed by atoms with van der Waals surface area (Å²) in [6.45, 7) is 9.86. The molecule has 0 spiro atoms. The van der Waals surface area contributed by atoms with Gasteiger partial charge in [-0.1, -0.05) is 13.8 Å². The number of hydrogen-bond donors (Lipinski definition) is 0. The lowest BCUT2D eigenvalue weighted by Crippen LogP contribution is -2.67. The molecule has 0 aromatic heterocycles. The summed E-state index contributed by atoms with van der Waals surface area (Å²) < 4.78 is 5.59. The maximum absolute atomic E-state index is 12.1. The lowest BCUT2D eigenvalue weighted by Gasteiger charge is -2.51. The van der Waals surface area contributed by atoms with Gasteiger partial charge in [0.05, 0.1) is 13.1 Å². The monoisotopic (exact) mass is 242 g/mol. The highest BCUT2D eigenvalue weighted by Gasteiger charge is 2.46. The Balaban J connectivity index is 2.51. The van der Waals surface area contributed by atoms with Crippen molar-refractivity contribution in [3.63, 3.8) is 0 Å². The standard InChI is InChI=1S/C13H26N2O2/c1-10(2)7-13(17-6)8-15(9-13)12(16)14(5)11(3)4/h10-11H,7-9H2,1-6H3. The van der Waals surface area contributed by atoms with Crippen LogP contribution in [0.15, 0.2) is 0 Å². The average Bonchev–Trinajstić information content (AvgIpc) is 2.20. The molecule has 0 aromatic rings. The Hall–Kier alpha value is -0.770. The van der Waals surface area contributed by atoms with Crippen molar-refractivity contribution in [1.29, 1.82) is 0 Å². The Morgan fingerprint density at radius 2 is 1.88 bits per heavy atom. The molecule has 1 aliphatic rings. The van der Waals surface area contributed by atoms with Crippen molar-refractivity contribution in [2.45, 2.75) is 45.8 Å². The van der Waals surface area contributed by atoms with Crippen molar-refractivity contribution in [3.05, 3.63) is 0 Å². The molecule has 17 heavy (non-hydrogen) atoms. The van der Waals surface area contributed by atoms with Gasteiger partial charge in [0.2, 0.25) is 0 Å². The van der Waals surface area contributed by atoms with Crippen molar-refractivity contribution < 1.29 is 9.53 Å². The van der Waals surface area contributed by atoms with E-state index in [2.05, 4.69) is 13.8 Å². The summed E-state index contributed by atoms with van der Waals surface area (Å²) >= 11 is 0. The smallest absolute Gasteiger partial charge is 0.320 e. The first-order chi connectivity index (χ1) is 7.81. The van der Waals surface area contributed by atoms with E-state index < -0.39 is 0 Å². The van der Waals surface area contributed by atoms with Gasteiger partial charge in [-0.15, -0.1) is 0 Å².